The minimum Gasteiger partial charge on any atom is -0.494 e. The van der Waals surface area contributed by atoms with Gasteiger partial charge in [0.2, 0.25) is 0 Å². The Morgan fingerprint density at radius 3 is 2.62 bits per heavy atom. The highest BCUT2D eigenvalue weighted by Crippen LogP contribution is 2.18. The SMILES string of the molecule is CCNC(=NCc1ccc(OC)c(F)c1)NCCc1ccc(Cl)nc1.I. The Kier molecular flexibility index (Phi) is 10.3. The van der Waals surface area contributed by atoms with Crippen molar-refractivity contribution in [3.8, 4) is 5.75 Å². The van der Waals surface area contributed by atoms with Gasteiger partial charge < -0.3 is 15.4 Å². The molecule has 0 atom stereocenters. The lowest BCUT2D eigenvalue weighted by atomic mass is 10.2. The van der Waals surface area contributed by atoms with E-state index in [1.54, 1.807) is 24.4 Å². The van der Waals surface area contributed by atoms with E-state index in [9.17, 15) is 4.39 Å². The van der Waals surface area contributed by atoms with E-state index in [-0.39, 0.29) is 35.5 Å². The van der Waals surface area contributed by atoms with E-state index >= 15 is 0 Å². The Bertz CT molecular complexity index is 713. The van der Waals surface area contributed by atoms with Crippen molar-refractivity contribution in [2.75, 3.05) is 20.2 Å². The number of hydrogen-bond donors (Lipinski definition) is 2. The molecule has 2 rings (SSSR count). The first-order chi connectivity index (χ1) is 12.1. The monoisotopic (exact) mass is 492 g/mol. The van der Waals surface area contributed by atoms with E-state index in [0.29, 0.717) is 24.2 Å². The summed E-state index contributed by atoms with van der Waals surface area (Å²) in [6, 6.07) is 8.56. The molecule has 0 saturated heterocycles. The summed E-state index contributed by atoms with van der Waals surface area (Å²) in [4.78, 5) is 8.53. The number of rotatable bonds is 7. The summed E-state index contributed by atoms with van der Waals surface area (Å²) in [6.45, 7) is 3.81. The van der Waals surface area contributed by atoms with Crippen LogP contribution in [0, 0.1) is 5.82 Å². The van der Waals surface area contributed by atoms with Crippen molar-refractivity contribution in [2.45, 2.75) is 19.9 Å². The highest BCUT2D eigenvalue weighted by molar-refractivity contribution is 14.0. The number of benzene rings is 1. The fraction of sp³-hybridized carbons (Fsp3) is 0.333. The van der Waals surface area contributed by atoms with Crippen molar-refractivity contribution >= 4 is 41.5 Å². The van der Waals surface area contributed by atoms with Crippen LogP contribution in [0.3, 0.4) is 0 Å². The number of ether oxygens (including phenoxy) is 1. The second-order valence-corrected chi connectivity index (χ2v) is 5.72. The number of pyridine rings is 1. The molecule has 1 heterocycles. The van der Waals surface area contributed by atoms with Crippen LogP contribution in [0.2, 0.25) is 5.15 Å². The molecule has 26 heavy (non-hydrogen) atoms. The molecule has 142 valence electrons. The molecule has 0 bridgehead atoms. The second kappa shape index (κ2) is 11.9. The predicted octanol–water partition coefficient (Wildman–Crippen LogP) is 3.80. The van der Waals surface area contributed by atoms with Gasteiger partial charge in [-0.1, -0.05) is 23.7 Å². The number of nitrogens with zero attached hydrogens (tertiary/aromatic N) is 2. The first kappa shape index (κ1) is 22.4. The van der Waals surface area contributed by atoms with E-state index in [2.05, 4.69) is 20.6 Å². The number of halogens is 3. The Hall–Kier alpha value is -1.61. The average molecular weight is 493 g/mol. The van der Waals surface area contributed by atoms with Gasteiger partial charge in [0.25, 0.3) is 0 Å². The van der Waals surface area contributed by atoms with Gasteiger partial charge in [-0.15, -0.1) is 24.0 Å². The molecule has 0 aliphatic carbocycles. The third-order valence-electron chi connectivity index (χ3n) is 3.47. The molecule has 0 aliphatic rings. The maximum Gasteiger partial charge on any atom is 0.191 e. The van der Waals surface area contributed by atoms with Gasteiger partial charge in [-0.25, -0.2) is 14.4 Å². The van der Waals surface area contributed by atoms with Crippen molar-refractivity contribution in [2.24, 2.45) is 4.99 Å². The van der Waals surface area contributed by atoms with Crippen LogP contribution in [0.5, 0.6) is 5.75 Å². The molecule has 8 heteroatoms. The first-order valence-electron chi connectivity index (χ1n) is 8.07. The van der Waals surface area contributed by atoms with Crippen LogP contribution in [0.15, 0.2) is 41.5 Å². The van der Waals surface area contributed by atoms with Crippen molar-refractivity contribution in [1.82, 2.24) is 15.6 Å². The molecule has 0 saturated carbocycles. The van der Waals surface area contributed by atoms with Crippen molar-refractivity contribution < 1.29 is 9.13 Å². The fourth-order valence-electron chi connectivity index (χ4n) is 2.20. The molecule has 0 aliphatic heterocycles. The standard InChI is InChI=1S/C18H22ClFN4O.HI/c1-3-21-18(22-9-8-13-5-7-17(19)23-11-13)24-12-14-4-6-16(25-2)15(20)10-14;/h4-7,10-11H,3,8-9,12H2,1-2H3,(H2,21,22,24);1H. The van der Waals surface area contributed by atoms with Crippen LogP contribution < -0.4 is 15.4 Å². The molecule has 0 spiro atoms. The largest absolute Gasteiger partial charge is 0.494 e. The van der Waals surface area contributed by atoms with E-state index in [1.807, 2.05) is 13.0 Å². The lowest BCUT2D eigenvalue weighted by Crippen LogP contribution is -2.38. The van der Waals surface area contributed by atoms with Gasteiger partial charge in [0.1, 0.15) is 5.15 Å². The maximum atomic E-state index is 13.7. The fourth-order valence-corrected chi connectivity index (χ4v) is 2.31. The van der Waals surface area contributed by atoms with Crippen molar-refractivity contribution in [3.05, 3.63) is 58.6 Å². The summed E-state index contributed by atoms with van der Waals surface area (Å²) < 4.78 is 18.6. The van der Waals surface area contributed by atoms with Gasteiger partial charge in [0.05, 0.1) is 13.7 Å². The number of aromatic nitrogens is 1. The Balaban J connectivity index is 0.00000338. The zero-order valence-electron chi connectivity index (χ0n) is 14.8. The molecular formula is C18H23ClFIN4O. The Morgan fingerprint density at radius 2 is 2.00 bits per heavy atom. The highest BCUT2D eigenvalue weighted by atomic mass is 127. The molecule has 0 radical (unpaired) electrons. The molecule has 2 N–H and O–H groups in total. The number of methoxy groups -OCH3 is 1. The smallest absolute Gasteiger partial charge is 0.191 e. The summed E-state index contributed by atoms with van der Waals surface area (Å²) in [5.74, 6) is 0.526. The van der Waals surface area contributed by atoms with Gasteiger partial charge in [-0.3, -0.25) is 0 Å². The molecule has 0 unspecified atom stereocenters. The van der Waals surface area contributed by atoms with Gasteiger partial charge in [0.15, 0.2) is 17.5 Å². The molecule has 5 nitrogen and oxygen atoms in total. The molecule has 0 fully saturated rings. The highest BCUT2D eigenvalue weighted by Gasteiger charge is 2.04. The van der Waals surface area contributed by atoms with Crippen LogP contribution in [-0.4, -0.2) is 31.1 Å². The zero-order valence-corrected chi connectivity index (χ0v) is 17.8. The Morgan fingerprint density at radius 1 is 1.23 bits per heavy atom. The Labute approximate surface area is 175 Å². The lowest BCUT2D eigenvalue weighted by molar-refractivity contribution is 0.386. The normalized spacial score (nSPS) is 10.8. The summed E-state index contributed by atoms with van der Waals surface area (Å²) in [7, 11) is 1.44. The van der Waals surface area contributed by atoms with Crippen LogP contribution in [0.25, 0.3) is 0 Å². The topological polar surface area (TPSA) is 58.5 Å². The number of hydrogen-bond acceptors (Lipinski definition) is 3. The number of nitrogens with one attached hydrogen (secondary N) is 2. The average Bonchev–Trinajstić information content (AvgIpc) is 2.61. The van der Waals surface area contributed by atoms with Crippen LogP contribution in [-0.2, 0) is 13.0 Å². The zero-order chi connectivity index (χ0) is 18.1. The summed E-state index contributed by atoms with van der Waals surface area (Å²) in [5.41, 5.74) is 1.86. The van der Waals surface area contributed by atoms with Gasteiger partial charge in [-0.2, -0.15) is 0 Å². The summed E-state index contributed by atoms with van der Waals surface area (Å²) in [5, 5.41) is 6.90. The van der Waals surface area contributed by atoms with E-state index in [1.165, 1.54) is 13.2 Å². The molecule has 2 aromatic rings. The van der Waals surface area contributed by atoms with Gasteiger partial charge in [-0.05, 0) is 42.7 Å². The second-order valence-electron chi connectivity index (χ2n) is 5.33. The lowest BCUT2D eigenvalue weighted by Gasteiger charge is -2.11. The number of guanidine groups is 1. The summed E-state index contributed by atoms with van der Waals surface area (Å²) >= 11 is 5.78. The molecule has 1 aromatic heterocycles. The van der Waals surface area contributed by atoms with Crippen molar-refractivity contribution in [1.29, 1.82) is 0 Å². The van der Waals surface area contributed by atoms with Gasteiger partial charge >= 0.3 is 0 Å². The minimum atomic E-state index is -0.386. The maximum absolute atomic E-state index is 13.7. The quantitative estimate of drug-likeness (QED) is 0.267. The summed E-state index contributed by atoms with van der Waals surface area (Å²) in [6.07, 6.45) is 2.56. The van der Waals surface area contributed by atoms with Crippen molar-refractivity contribution in [3.63, 3.8) is 0 Å². The first-order valence-corrected chi connectivity index (χ1v) is 8.45. The van der Waals surface area contributed by atoms with E-state index in [4.69, 9.17) is 16.3 Å². The van der Waals surface area contributed by atoms with Crippen LogP contribution in [0.1, 0.15) is 18.1 Å². The third-order valence-corrected chi connectivity index (χ3v) is 3.70. The van der Waals surface area contributed by atoms with E-state index in [0.717, 1.165) is 24.1 Å². The third kappa shape index (κ3) is 7.33. The molecule has 1 aromatic carbocycles. The van der Waals surface area contributed by atoms with Gasteiger partial charge in [0, 0.05) is 19.3 Å². The van der Waals surface area contributed by atoms with E-state index < -0.39 is 0 Å². The predicted molar refractivity (Wildman–Crippen MR) is 114 cm³/mol. The van der Waals surface area contributed by atoms with Crippen LogP contribution >= 0.6 is 35.6 Å². The molecule has 0 amide bonds. The number of aliphatic imine (C=N–C) groups is 1. The van der Waals surface area contributed by atoms with Crippen LogP contribution in [0.4, 0.5) is 4.39 Å². The molecular weight excluding hydrogens is 470 g/mol. The minimum absolute atomic E-state index is 0.